The minimum absolute atomic E-state index is 0.212. The van der Waals surface area contributed by atoms with Crippen LogP contribution in [0.3, 0.4) is 0 Å². The van der Waals surface area contributed by atoms with Crippen molar-refractivity contribution in [2.75, 3.05) is 44.6 Å². The van der Waals surface area contributed by atoms with Gasteiger partial charge in [0.1, 0.15) is 17.2 Å². The summed E-state index contributed by atoms with van der Waals surface area (Å²) in [5.74, 6) is -0.138. The number of fused-ring (bicyclic) bond motifs is 1. The summed E-state index contributed by atoms with van der Waals surface area (Å²) < 4.78 is 19.9. The molecule has 5 rings (SSSR count). The lowest BCUT2D eigenvalue weighted by molar-refractivity contribution is -0.111. The van der Waals surface area contributed by atoms with Crippen LogP contribution in [0.25, 0.3) is 11.1 Å². The number of piperazine rings is 1. The Balaban J connectivity index is 1.37. The van der Waals surface area contributed by atoms with Gasteiger partial charge in [0, 0.05) is 55.3 Å². The molecule has 0 saturated carbocycles. The van der Waals surface area contributed by atoms with Crippen molar-refractivity contribution in [3.63, 3.8) is 0 Å². The summed E-state index contributed by atoms with van der Waals surface area (Å²) in [5.41, 5.74) is 3.14. The Hall–Kier alpha value is -2.52. The van der Waals surface area contributed by atoms with E-state index in [0.717, 1.165) is 50.4 Å². The average Bonchev–Trinajstić information content (AvgIpc) is 3.43. The zero-order chi connectivity index (χ0) is 23.2. The Morgan fingerprint density at radius 2 is 1.94 bits per heavy atom. The van der Waals surface area contributed by atoms with E-state index in [2.05, 4.69) is 26.6 Å². The molecule has 6 nitrogen and oxygen atoms in total. The third kappa shape index (κ3) is 4.36. The third-order valence-electron chi connectivity index (χ3n) is 6.49. The number of aliphatic hydroxyl groups is 1. The first-order valence-electron chi connectivity index (χ1n) is 11.2. The monoisotopic (exact) mass is 469 g/mol. The van der Waals surface area contributed by atoms with E-state index in [0.29, 0.717) is 22.6 Å². The minimum atomic E-state index is -0.584. The number of allylic oxidation sites excluding steroid dienone is 1. The molecule has 1 saturated heterocycles. The molecular weight excluding hydrogens is 441 g/mol. The largest absolute Gasteiger partial charge is 0.482 e. The van der Waals surface area contributed by atoms with Crippen LogP contribution in [-0.4, -0.2) is 65.7 Å². The molecule has 0 bridgehead atoms. The van der Waals surface area contributed by atoms with Crippen molar-refractivity contribution in [1.82, 2.24) is 9.80 Å². The number of nitrogens with zero attached hydrogens (tertiary/aromatic N) is 2. The van der Waals surface area contributed by atoms with Crippen molar-refractivity contribution in [3.8, 4) is 0 Å². The summed E-state index contributed by atoms with van der Waals surface area (Å²) in [7, 11) is 0. The first-order chi connectivity index (χ1) is 15.8. The molecule has 0 radical (unpaired) electrons. The lowest BCUT2D eigenvalue weighted by Crippen LogP contribution is -2.46. The van der Waals surface area contributed by atoms with Gasteiger partial charge in [-0.05, 0) is 55.1 Å². The highest BCUT2D eigenvalue weighted by Crippen LogP contribution is 2.45. The number of rotatable bonds is 5. The number of aliphatic hydroxyl groups excluding tert-OH is 1. The van der Waals surface area contributed by atoms with Crippen LogP contribution in [0.15, 0.2) is 41.5 Å². The van der Waals surface area contributed by atoms with Crippen LogP contribution in [0.5, 0.6) is 0 Å². The van der Waals surface area contributed by atoms with Crippen LogP contribution < -0.4 is 5.32 Å². The van der Waals surface area contributed by atoms with Gasteiger partial charge in [-0.2, -0.15) is 0 Å². The maximum absolute atomic E-state index is 13.6. The third-order valence-corrected chi connectivity index (χ3v) is 7.41. The fourth-order valence-electron chi connectivity index (χ4n) is 4.75. The zero-order valence-corrected chi connectivity index (χ0v) is 19.7. The first-order valence-corrected chi connectivity index (χ1v) is 12.1. The molecule has 0 atom stereocenters. The number of halogens is 1. The highest BCUT2D eigenvalue weighted by molar-refractivity contribution is 7.10. The topological polar surface area (TPSA) is 65.0 Å². The molecule has 1 aromatic heterocycles. The lowest BCUT2D eigenvalue weighted by atomic mass is 9.94. The molecule has 0 unspecified atom stereocenters. The molecule has 2 aromatic rings. The molecule has 33 heavy (non-hydrogen) atoms. The molecule has 0 spiro atoms. The highest BCUT2D eigenvalue weighted by Gasteiger charge is 2.38. The van der Waals surface area contributed by atoms with Crippen LogP contribution in [-0.2, 0) is 16.1 Å². The van der Waals surface area contributed by atoms with Gasteiger partial charge in [0.05, 0.1) is 17.9 Å². The Bertz CT molecular complexity index is 1150. The predicted octanol–water partition coefficient (Wildman–Crippen LogP) is 3.55. The number of amides is 1. The van der Waals surface area contributed by atoms with Gasteiger partial charge in [-0.15, -0.1) is 11.3 Å². The van der Waals surface area contributed by atoms with E-state index in [4.69, 9.17) is 9.84 Å². The number of hydrogen-bond donors (Lipinski definition) is 2. The van der Waals surface area contributed by atoms with E-state index < -0.39 is 5.60 Å². The standard InChI is InChI=1S/C25H28FN3O3S/c1-25(2)20(13-22(32-25)23-19-4-3-17(26)12-21(19)27-24(23)31)16-11-18(33-15-16)14-29-7-5-28(6-8-29)9-10-30/h3-4,11-13,15,30H,5-10,14H2,1-2H3,(H,27,31). The van der Waals surface area contributed by atoms with Gasteiger partial charge in [-0.3, -0.25) is 14.6 Å². The van der Waals surface area contributed by atoms with Crippen molar-refractivity contribution in [2.24, 2.45) is 0 Å². The molecule has 3 aliphatic rings. The number of nitrogens with one attached hydrogen (secondary N) is 1. The molecule has 1 aromatic carbocycles. The predicted molar refractivity (Wildman–Crippen MR) is 128 cm³/mol. The van der Waals surface area contributed by atoms with Gasteiger partial charge in [0.2, 0.25) is 0 Å². The van der Waals surface area contributed by atoms with E-state index in [1.807, 2.05) is 19.9 Å². The number of thiophene rings is 1. The molecular formula is C25H28FN3O3S. The minimum Gasteiger partial charge on any atom is -0.482 e. The fourth-order valence-corrected chi connectivity index (χ4v) is 5.67. The van der Waals surface area contributed by atoms with Crippen LogP contribution >= 0.6 is 11.3 Å². The van der Waals surface area contributed by atoms with Crippen molar-refractivity contribution in [3.05, 3.63) is 63.3 Å². The van der Waals surface area contributed by atoms with Crippen LogP contribution in [0.1, 0.15) is 29.9 Å². The van der Waals surface area contributed by atoms with E-state index in [1.54, 1.807) is 17.4 Å². The van der Waals surface area contributed by atoms with Crippen molar-refractivity contribution in [1.29, 1.82) is 0 Å². The van der Waals surface area contributed by atoms with E-state index in [1.165, 1.54) is 17.0 Å². The Morgan fingerprint density at radius 3 is 2.70 bits per heavy atom. The molecule has 4 heterocycles. The van der Waals surface area contributed by atoms with Crippen LogP contribution in [0, 0.1) is 5.82 Å². The van der Waals surface area contributed by atoms with Crippen molar-refractivity contribution in [2.45, 2.75) is 26.0 Å². The SMILES string of the molecule is CC1(C)OC(=C2C(=O)Nc3cc(F)ccc32)C=C1c1csc(CN2CCN(CCO)CC2)c1. The fraction of sp³-hybridized carbons (Fsp3) is 0.400. The van der Waals surface area contributed by atoms with Gasteiger partial charge in [-0.1, -0.05) is 0 Å². The van der Waals surface area contributed by atoms with E-state index >= 15 is 0 Å². The summed E-state index contributed by atoms with van der Waals surface area (Å²) >= 11 is 1.74. The van der Waals surface area contributed by atoms with E-state index in [-0.39, 0.29) is 18.3 Å². The summed E-state index contributed by atoms with van der Waals surface area (Å²) in [6, 6.07) is 6.53. The molecule has 174 valence electrons. The van der Waals surface area contributed by atoms with Gasteiger partial charge in [-0.25, -0.2) is 4.39 Å². The highest BCUT2D eigenvalue weighted by atomic mass is 32.1. The zero-order valence-electron chi connectivity index (χ0n) is 18.9. The Morgan fingerprint density at radius 1 is 1.18 bits per heavy atom. The maximum Gasteiger partial charge on any atom is 0.260 e. The molecule has 1 amide bonds. The number of carbonyl (C=O) groups excluding carboxylic acids is 1. The Kier molecular flexibility index (Phi) is 5.86. The number of carbonyl (C=O) groups is 1. The molecule has 0 aliphatic carbocycles. The normalized spacial score (nSPS) is 22.8. The summed E-state index contributed by atoms with van der Waals surface area (Å²) in [6.45, 7) is 9.82. The van der Waals surface area contributed by atoms with Gasteiger partial charge in [0.15, 0.2) is 0 Å². The van der Waals surface area contributed by atoms with Gasteiger partial charge >= 0.3 is 0 Å². The smallest absolute Gasteiger partial charge is 0.260 e. The quantitative estimate of drug-likeness (QED) is 0.656. The number of β-amino-alcohol motifs (C(OH)–C–C–N with tert-alkyl or cyclic N) is 1. The second-order valence-electron chi connectivity index (χ2n) is 9.20. The van der Waals surface area contributed by atoms with Gasteiger partial charge < -0.3 is 15.2 Å². The van der Waals surface area contributed by atoms with Crippen molar-refractivity contribution >= 4 is 34.1 Å². The lowest BCUT2D eigenvalue weighted by Gasteiger charge is -2.34. The van der Waals surface area contributed by atoms with Crippen molar-refractivity contribution < 1.29 is 19.0 Å². The second kappa shape index (κ2) is 8.68. The first kappa shape index (κ1) is 22.3. The molecule has 1 fully saturated rings. The van der Waals surface area contributed by atoms with E-state index in [9.17, 15) is 9.18 Å². The molecule has 3 aliphatic heterocycles. The van der Waals surface area contributed by atoms with Gasteiger partial charge in [0.25, 0.3) is 5.91 Å². The number of benzene rings is 1. The number of anilines is 1. The average molecular weight is 470 g/mol. The maximum atomic E-state index is 13.6. The second-order valence-corrected chi connectivity index (χ2v) is 10.2. The number of hydrogen-bond acceptors (Lipinski definition) is 6. The summed E-state index contributed by atoms with van der Waals surface area (Å²) in [6.07, 6.45) is 1.95. The van der Waals surface area contributed by atoms with Crippen LogP contribution in [0.4, 0.5) is 10.1 Å². The summed E-state index contributed by atoms with van der Waals surface area (Å²) in [4.78, 5) is 18.7. The van der Waals surface area contributed by atoms with Crippen LogP contribution in [0.2, 0.25) is 0 Å². The summed E-state index contributed by atoms with van der Waals surface area (Å²) in [5, 5.41) is 14.0. The Labute approximate surface area is 197 Å². The molecule has 8 heteroatoms. The molecule has 2 N–H and O–H groups in total. The number of ether oxygens (including phenoxy) is 1.